The number of rotatable bonds is 7. The first-order valence-electron chi connectivity index (χ1n) is 11.0. The summed E-state index contributed by atoms with van der Waals surface area (Å²) >= 11 is 0. The molecule has 0 unspecified atom stereocenters. The van der Waals surface area contributed by atoms with Crippen molar-refractivity contribution in [1.82, 2.24) is 0 Å². The van der Waals surface area contributed by atoms with Gasteiger partial charge in [0.25, 0.3) is 0 Å². The van der Waals surface area contributed by atoms with Crippen LogP contribution >= 0.6 is 0 Å². The Labute approximate surface area is 188 Å². The minimum Gasteiger partial charge on any atom is -0.457 e. The third-order valence-electron chi connectivity index (χ3n) is 4.62. The molecule has 2 rings (SSSR count). The summed E-state index contributed by atoms with van der Waals surface area (Å²) in [6, 6.07) is 0. The predicted molar refractivity (Wildman–Crippen MR) is 124 cm³/mol. The predicted octanol–water partition coefficient (Wildman–Crippen LogP) is 5.54. The van der Waals surface area contributed by atoms with Gasteiger partial charge in [-0.1, -0.05) is 18.7 Å². The molecule has 0 saturated heterocycles. The minimum atomic E-state index is -0.557. The van der Waals surface area contributed by atoms with Crippen LogP contribution in [-0.2, 0) is 19.3 Å². The Bertz CT molecular complexity index is 572. The van der Waals surface area contributed by atoms with Crippen LogP contribution in [-0.4, -0.2) is 38.6 Å². The van der Waals surface area contributed by atoms with E-state index in [1.54, 1.807) is 12.2 Å². The molecule has 0 aromatic heterocycles. The topological polar surface area (TPSA) is 85.2 Å². The first-order valence-corrected chi connectivity index (χ1v) is 11.0. The summed E-state index contributed by atoms with van der Waals surface area (Å²) < 4.78 is 5.10. The molecule has 0 spiro atoms. The van der Waals surface area contributed by atoms with E-state index in [0.717, 1.165) is 38.5 Å². The average molecular weight is 441 g/mol. The molecule has 0 radical (unpaired) electrons. The molecule has 6 nitrogen and oxygen atoms in total. The second kappa shape index (κ2) is 13.0. The van der Waals surface area contributed by atoms with Crippen LogP contribution < -0.4 is 0 Å². The minimum absolute atomic E-state index is 0.242. The van der Waals surface area contributed by atoms with E-state index in [4.69, 9.17) is 9.62 Å². The van der Waals surface area contributed by atoms with Crippen LogP contribution in [0.3, 0.4) is 0 Å². The summed E-state index contributed by atoms with van der Waals surface area (Å²) in [5.74, 6) is -0.342. The lowest BCUT2D eigenvalue weighted by atomic mass is 9.78. The Hall–Kier alpha value is -1.63. The zero-order chi connectivity index (χ0) is 24.2. The number of ether oxygens (including phenoxy) is 1. The van der Waals surface area contributed by atoms with Gasteiger partial charge in [0.15, 0.2) is 0 Å². The van der Waals surface area contributed by atoms with Crippen LogP contribution in [0.5, 0.6) is 0 Å². The molecule has 2 fully saturated rings. The van der Waals surface area contributed by atoms with Gasteiger partial charge in [0.2, 0.25) is 0 Å². The van der Waals surface area contributed by atoms with Gasteiger partial charge in [-0.3, -0.25) is 0 Å². The Morgan fingerprint density at radius 2 is 1.39 bits per heavy atom. The van der Waals surface area contributed by atoms with Crippen molar-refractivity contribution in [3.05, 3.63) is 37.6 Å². The van der Waals surface area contributed by atoms with Crippen LogP contribution in [0.15, 0.2) is 37.6 Å². The van der Waals surface area contributed by atoms with Crippen LogP contribution in [0.2, 0.25) is 0 Å². The Morgan fingerprint density at radius 1 is 0.903 bits per heavy atom. The van der Waals surface area contributed by atoms with Crippen molar-refractivity contribution in [3.63, 3.8) is 0 Å². The number of carbonyl (C=O) groups is 1. The van der Waals surface area contributed by atoms with Gasteiger partial charge in [0.1, 0.15) is 17.5 Å². The maximum absolute atomic E-state index is 11.3. The number of hydrogen-bond acceptors (Lipinski definition) is 6. The summed E-state index contributed by atoms with van der Waals surface area (Å²) in [4.78, 5) is 20.5. The molecule has 0 atom stereocenters. The van der Waals surface area contributed by atoms with E-state index in [1.807, 2.05) is 41.5 Å². The second-order valence-electron chi connectivity index (χ2n) is 10.2. The van der Waals surface area contributed by atoms with Crippen LogP contribution in [0.1, 0.15) is 92.9 Å². The van der Waals surface area contributed by atoms with Crippen LogP contribution in [0, 0.1) is 0 Å². The first kappa shape index (κ1) is 29.4. The molecule has 0 aromatic rings. The van der Waals surface area contributed by atoms with E-state index in [1.165, 1.54) is 18.8 Å². The summed E-state index contributed by atoms with van der Waals surface area (Å²) in [6.07, 6.45) is 13.4. The van der Waals surface area contributed by atoms with E-state index in [2.05, 4.69) is 18.0 Å². The zero-order valence-corrected chi connectivity index (χ0v) is 20.4. The second-order valence-corrected chi connectivity index (χ2v) is 10.2. The zero-order valence-electron chi connectivity index (χ0n) is 20.4. The smallest absolute Gasteiger partial charge is 0.330 e. The van der Waals surface area contributed by atoms with Crippen molar-refractivity contribution in [2.24, 2.45) is 0 Å². The standard InChI is InChI=1S/C12H20O3.C7H12O.C6H12O2/c1-11(2,3)15-10(13)6-4-7-12(14)8-5-9-12;1-2-4-7(8)5-3-6-7;1-5-7-8-6(2,3)4/h4,6,14H,5,7-9H2,1-3H3;2,8H,1,3-6H2;5H,1H2,2-4H3. The van der Waals surface area contributed by atoms with Crippen molar-refractivity contribution in [3.8, 4) is 0 Å². The SMILES string of the molecule is C=CCC1(O)CCC1.C=COOC(C)(C)C.CC(C)(C)OC(=O)C=CCC1(O)CCC1. The Morgan fingerprint density at radius 3 is 1.65 bits per heavy atom. The van der Waals surface area contributed by atoms with Gasteiger partial charge in [-0.25, -0.2) is 4.79 Å². The van der Waals surface area contributed by atoms with E-state index in [-0.39, 0.29) is 17.2 Å². The molecule has 0 amide bonds. The number of aliphatic hydroxyl groups is 2. The summed E-state index contributed by atoms with van der Waals surface area (Å²) in [5.41, 5.74) is -1.59. The third kappa shape index (κ3) is 15.8. The van der Waals surface area contributed by atoms with Crippen molar-refractivity contribution in [1.29, 1.82) is 0 Å². The molecule has 2 N–H and O–H groups in total. The van der Waals surface area contributed by atoms with Crippen molar-refractivity contribution < 1.29 is 29.5 Å². The maximum atomic E-state index is 11.3. The number of carbonyl (C=O) groups excluding carboxylic acids is 1. The molecular formula is C25H44O6. The lowest BCUT2D eigenvalue weighted by Crippen LogP contribution is -2.35. The molecule has 180 valence electrons. The summed E-state index contributed by atoms with van der Waals surface area (Å²) in [6.45, 7) is 18.1. The van der Waals surface area contributed by atoms with Crippen molar-refractivity contribution in [2.75, 3.05) is 0 Å². The molecule has 6 heteroatoms. The molecule has 2 aliphatic rings. The van der Waals surface area contributed by atoms with Crippen molar-refractivity contribution >= 4 is 5.97 Å². The Kier molecular flexibility index (Phi) is 12.4. The molecular weight excluding hydrogens is 396 g/mol. The van der Waals surface area contributed by atoms with E-state index in [9.17, 15) is 15.0 Å². The molecule has 0 heterocycles. The average Bonchev–Trinajstić information content (AvgIpc) is 2.56. The van der Waals surface area contributed by atoms with Gasteiger partial charge in [-0.05, 0) is 92.9 Å². The highest BCUT2D eigenvalue weighted by Gasteiger charge is 2.33. The molecule has 0 aliphatic heterocycles. The van der Waals surface area contributed by atoms with Gasteiger partial charge in [0, 0.05) is 6.08 Å². The lowest BCUT2D eigenvalue weighted by Gasteiger charge is -2.35. The van der Waals surface area contributed by atoms with Gasteiger partial charge < -0.3 is 19.8 Å². The highest BCUT2D eigenvalue weighted by atomic mass is 17.2. The third-order valence-corrected chi connectivity index (χ3v) is 4.62. The molecule has 2 aliphatic carbocycles. The van der Waals surface area contributed by atoms with Crippen LogP contribution in [0.25, 0.3) is 0 Å². The van der Waals surface area contributed by atoms with Crippen molar-refractivity contribution in [2.45, 2.75) is 115 Å². The fourth-order valence-electron chi connectivity index (χ4n) is 2.74. The molecule has 0 aromatic carbocycles. The fourth-order valence-corrected chi connectivity index (χ4v) is 2.74. The Balaban J connectivity index is 0.000000477. The lowest BCUT2D eigenvalue weighted by molar-refractivity contribution is -0.310. The first-order chi connectivity index (χ1) is 14.1. The highest BCUT2D eigenvalue weighted by Crippen LogP contribution is 2.35. The van der Waals surface area contributed by atoms with Gasteiger partial charge in [0.05, 0.1) is 11.2 Å². The summed E-state index contributed by atoms with van der Waals surface area (Å²) in [7, 11) is 0. The van der Waals surface area contributed by atoms with E-state index >= 15 is 0 Å². The fraction of sp³-hybridized carbons (Fsp3) is 0.720. The van der Waals surface area contributed by atoms with E-state index in [0.29, 0.717) is 6.42 Å². The largest absolute Gasteiger partial charge is 0.457 e. The van der Waals surface area contributed by atoms with E-state index < -0.39 is 11.2 Å². The maximum Gasteiger partial charge on any atom is 0.330 e. The molecule has 0 bridgehead atoms. The number of esters is 1. The van der Waals surface area contributed by atoms with Crippen LogP contribution in [0.4, 0.5) is 0 Å². The van der Waals surface area contributed by atoms with Gasteiger partial charge in [-0.15, -0.1) is 6.58 Å². The van der Waals surface area contributed by atoms with Gasteiger partial charge >= 0.3 is 5.97 Å². The quantitative estimate of drug-likeness (QED) is 0.135. The highest BCUT2D eigenvalue weighted by molar-refractivity contribution is 5.82. The van der Waals surface area contributed by atoms with Gasteiger partial charge in [-0.2, -0.15) is 4.89 Å². The summed E-state index contributed by atoms with van der Waals surface area (Å²) in [5, 5.41) is 19.1. The molecule has 2 saturated carbocycles. The monoisotopic (exact) mass is 440 g/mol. The number of hydrogen-bond donors (Lipinski definition) is 2. The normalized spacial score (nSPS) is 18.7. The molecule has 31 heavy (non-hydrogen) atoms.